The second-order valence-corrected chi connectivity index (χ2v) is 4.31. The first-order chi connectivity index (χ1) is 10.1. The molecule has 0 unspecified atom stereocenters. The molecule has 0 saturated heterocycles. The van der Waals surface area contributed by atoms with E-state index in [1.54, 1.807) is 13.2 Å². The smallest absolute Gasteiger partial charge is 0.338 e. The number of aromatic carboxylic acids is 1. The molecular weight excluding hydrogens is 272 g/mol. The molecule has 0 aliphatic heterocycles. The number of carbonyl (C=O) groups is 1. The van der Waals surface area contributed by atoms with Crippen molar-refractivity contribution in [1.29, 1.82) is 0 Å². The summed E-state index contributed by atoms with van der Waals surface area (Å²) in [5, 5.41) is 8.82. The lowest BCUT2D eigenvalue weighted by Gasteiger charge is -2.10. The first kappa shape index (κ1) is 14.7. The lowest BCUT2D eigenvalue weighted by Crippen LogP contribution is -1.97. The molecule has 1 heterocycles. The van der Waals surface area contributed by atoms with Crippen LogP contribution < -0.4 is 9.47 Å². The van der Waals surface area contributed by atoms with E-state index in [4.69, 9.17) is 19.0 Å². The van der Waals surface area contributed by atoms with E-state index in [1.807, 2.05) is 31.2 Å². The number of hydrogen-bond acceptors (Lipinski definition) is 4. The predicted octanol–water partition coefficient (Wildman–Crippen LogP) is 3.60. The molecule has 5 nitrogen and oxygen atoms in total. The van der Waals surface area contributed by atoms with Crippen molar-refractivity contribution in [2.45, 2.75) is 13.5 Å². The highest BCUT2D eigenvalue weighted by molar-refractivity contribution is 5.87. The van der Waals surface area contributed by atoms with Gasteiger partial charge in [0.15, 0.2) is 11.5 Å². The number of hydrogen-bond donors (Lipinski definition) is 1. The van der Waals surface area contributed by atoms with Gasteiger partial charge in [0, 0.05) is 0 Å². The minimum atomic E-state index is -1.03. The maximum Gasteiger partial charge on any atom is 0.338 e. The van der Waals surface area contributed by atoms with Crippen molar-refractivity contribution in [3.8, 4) is 11.5 Å². The third kappa shape index (κ3) is 3.66. The van der Waals surface area contributed by atoms with Gasteiger partial charge < -0.3 is 19.0 Å². The van der Waals surface area contributed by atoms with Crippen molar-refractivity contribution < 1.29 is 23.8 Å². The second kappa shape index (κ2) is 6.65. The van der Waals surface area contributed by atoms with Crippen molar-refractivity contribution in [2.24, 2.45) is 0 Å². The fourth-order valence-corrected chi connectivity index (χ4v) is 1.82. The van der Waals surface area contributed by atoms with Crippen LogP contribution in [-0.4, -0.2) is 18.2 Å². The fourth-order valence-electron chi connectivity index (χ4n) is 1.82. The summed E-state index contributed by atoms with van der Waals surface area (Å²) >= 11 is 0. The zero-order chi connectivity index (χ0) is 15.2. The zero-order valence-electron chi connectivity index (χ0n) is 11.8. The number of rotatable bonds is 6. The van der Waals surface area contributed by atoms with Gasteiger partial charge in [-0.3, -0.25) is 0 Å². The summed E-state index contributed by atoms with van der Waals surface area (Å²) in [6.07, 6.45) is 5.08. The third-order valence-corrected chi connectivity index (χ3v) is 2.82. The van der Waals surface area contributed by atoms with Gasteiger partial charge in [0.2, 0.25) is 0 Å². The summed E-state index contributed by atoms with van der Waals surface area (Å²) in [5.74, 6) is 0.583. The second-order valence-electron chi connectivity index (χ2n) is 4.31. The normalized spacial score (nSPS) is 10.8. The average Bonchev–Trinajstić information content (AvgIpc) is 2.95. The molecule has 0 atom stereocenters. The quantitative estimate of drug-likeness (QED) is 0.879. The maximum atomic E-state index is 10.8. The van der Waals surface area contributed by atoms with Crippen molar-refractivity contribution in [3.63, 3.8) is 0 Å². The standard InChI is InChI=1S/C16H16O5/c1-3-4-11-5-6-14(15(7-11)19-2)21-10-13-8-12(9-20-13)16(17)18/h3-9H,10H2,1-2H3,(H,17,18). The Morgan fingerprint density at radius 1 is 1.33 bits per heavy atom. The van der Waals surface area contributed by atoms with Crippen LogP contribution >= 0.6 is 0 Å². The number of allylic oxidation sites excluding steroid dienone is 1. The van der Waals surface area contributed by atoms with Gasteiger partial charge in [-0.15, -0.1) is 0 Å². The Kier molecular flexibility index (Phi) is 4.66. The number of benzene rings is 1. The number of furan rings is 1. The molecule has 0 fully saturated rings. The molecule has 0 aliphatic carbocycles. The Labute approximate surface area is 122 Å². The number of carboxylic acid groups (broad SMARTS) is 1. The zero-order valence-corrected chi connectivity index (χ0v) is 11.8. The van der Waals surface area contributed by atoms with Crippen LogP contribution in [-0.2, 0) is 6.61 Å². The molecule has 0 amide bonds. The van der Waals surface area contributed by atoms with Gasteiger partial charge >= 0.3 is 5.97 Å². The Balaban J connectivity index is 2.09. The molecule has 0 saturated carbocycles. The highest BCUT2D eigenvalue weighted by Crippen LogP contribution is 2.29. The summed E-state index contributed by atoms with van der Waals surface area (Å²) in [6.45, 7) is 2.07. The summed E-state index contributed by atoms with van der Waals surface area (Å²) in [6, 6.07) is 7.00. The Bertz CT molecular complexity index is 654. The van der Waals surface area contributed by atoms with Crippen LogP contribution in [0.1, 0.15) is 28.6 Å². The van der Waals surface area contributed by atoms with E-state index in [9.17, 15) is 4.79 Å². The monoisotopic (exact) mass is 288 g/mol. The number of methoxy groups -OCH3 is 1. The highest BCUT2D eigenvalue weighted by atomic mass is 16.5. The minimum Gasteiger partial charge on any atom is -0.493 e. The number of carboxylic acids is 1. The van der Waals surface area contributed by atoms with Crippen molar-refractivity contribution >= 4 is 12.0 Å². The minimum absolute atomic E-state index is 0.101. The maximum absolute atomic E-state index is 10.8. The SMILES string of the molecule is CC=Cc1ccc(OCc2cc(C(=O)O)co2)c(OC)c1. The molecule has 5 heteroatoms. The summed E-state index contributed by atoms with van der Waals surface area (Å²) in [4.78, 5) is 10.8. The molecular formula is C16H16O5. The summed E-state index contributed by atoms with van der Waals surface area (Å²) in [5.41, 5.74) is 1.11. The van der Waals surface area contributed by atoms with Gasteiger partial charge in [-0.05, 0) is 30.7 Å². The Morgan fingerprint density at radius 3 is 2.76 bits per heavy atom. The topological polar surface area (TPSA) is 68.9 Å². The van der Waals surface area contributed by atoms with Crippen molar-refractivity contribution in [3.05, 3.63) is 53.5 Å². The van der Waals surface area contributed by atoms with Crippen LogP contribution in [0.15, 0.2) is 41.0 Å². The van der Waals surface area contributed by atoms with Gasteiger partial charge in [-0.2, -0.15) is 0 Å². The molecule has 21 heavy (non-hydrogen) atoms. The molecule has 2 aromatic rings. The molecule has 0 bridgehead atoms. The van der Waals surface area contributed by atoms with Crippen LogP contribution in [0.4, 0.5) is 0 Å². The van der Waals surface area contributed by atoms with E-state index in [1.165, 1.54) is 12.3 Å². The van der Waals surface area contributed by atoms with Crippen molar-refractivity contribution in [2.75, 3.05) is 7.11 Å². The van der Waals surface area contributed by atoms with Crippen molar-refractivity contribution in [1.82, 2.24) is 0 Å². The molecule has 0 aliphatic rings. The van der Waals surface area contributed by atoms with Gasteiger partial charge in [0.1, 0.15) is 18.6 Å². The van der Waals surface area contributed by atoms with Crippen LogP contribution in [0.3, 0.4) is 0 Å². The van der Waals surface area contributed by atoms with Crippen LogP contribution in [0.2, 0.25) is 0 Å². The molecule has 0 spiro atoms. The van der Waals surface area contributed by atoms with E-state index in [0.717, 1.165) is 5.56 Å². The lowest BCUT2D eigenvalue weighted by atomic mass is 10.2. The van der Waals surface area contributed by atoms with E-state index >= 15 is 0 Å². The summed E-state index contributed by atoms with van der Waals surface area (Å²) < 4.78 is 16.0. The first-order valence-electron chi connectivity index (χ1n) is 6.38. The van der Waals surface area contributed by atoms with E-state index in [-0.39, 0.29) is 12.2 Å². The Hall–Kier alpha value is -2.69. The first-order valence-corrected chi connectivity index (χ1v) is 6.38. The van der Waals surface area contributed by atoms with E-state index in [0.29, 0.717) is 17.3 Å². The van der Waals surface area contributed by atoms with E-state index < -0.39 is 5.97 Å². The van der Waals surface area contributed by atoms with Gasteiger partial charge in [0.05, 0.1) is 12.7 Å². The molecule has 1 N–H and O–H groups in total. The van der Waals surface area contributed by atoms with Crippen LogP contribution in [0.5, 0.6) is 11.5 Å². The predicted molar refractivity (Wildman–Crippen MR) is 77.7 cm³/mol. The molecule has 1 aromatic carbocycles. The van der Waals surface area contributed by atoms with Crippen LogP contribution in [0, 0.1) is 0 Å². The summed E-state index contributed by atoms with van der Waals surface area (Å²) in [7, 11) is 1.57. The number of ether oxygens (including phenoxy) is 2. The fraction of sp³-hybridized carbons (Fsp3) is 0.188. The van der Waals surface area contributed by atoms with Gasteiger partial charge in [-0.25, -0.2) is 4.79 Å². The Morgan fingerprint density at radius 2 is 2.14 bits per heavy atom. The van der Waals surface area contributed by atoms with E-state index in [2.05, 4.69) is 0 Å². The largest absolute Gasteiger partial charge is 0.493 e. The molecule has 1 aromatic heterocycles. The lowest BCUT2D eigenvalue weighted by molar-refractivity contribution is 0.0696. The molecule has 2 rings (SSSR count). The molecule has 0 radical (unpaired) electrons. The van der Waals surface area contributed by atoms with Crippen LogP contribution in [0.25, 0.3) is 6.08 Å². The average molecular weight is 288 g/mol. The van der Waals surface area contributed by atoms with Gasteiger partial charge in [-0.1, -0.05) is 18.2 Å². The van der Waals surface area contributed by atoms with Gasteiger partial charge in [0.25, 0.3) is 0 Å². The highest BCUT2D eigenvalue weighted by Gasteiger charge is 2.10. The third-order valence-electron chi connectivity index (χ3n) is 2.82. The molecule has 110 valence electrons.